The van der Waals surface area contributed by atoms with E-state index in [1.54, 1.807) is 10.7 Å². The molecule has 10 nitrogen and oxygen atoms in total. The third kappa shape index (κ3) is 7.26. The molecule has 0 saturated heterocycles. The zero-order valence-corrected chi connectivity index (χ0v) is 20.7. The summed E-state index contributed by atoms with van der Waals surface area (Å²) >= 11 is 0. The molecule has 1 fully saturated rings. The molecule has 2 amide bonds. The predicted molar refractivity (Wildman–Crippen MR) is 125 cm³/mol. The van der Waals surface area contributed by atoms with E-state index < -0.39 is 45.5 Å². The summed E-state index contributed by atoms with van der Waals surface area (Å²) in [7, 11) is -4.43. The second-order valence-corrected chi connectivity index (χ2v) is 10.7. The lowest BCUT2D eigenvalue weighted by Gasteiger charge is -2.30. The summed E-state index contributed by atoms with van der Waals surface area (Å²) in [6, 6.07) is 2.85. The van der Waals surface area contributed by atoms with E-state index in [0.717, 1.165) is 44.4 Å². The molecule has 2 aromatic heterocycles. The van der Waals surface area contributed by atoms with Crippen molar-refractivity contribution in [3.05, 3.63) is 36.3 Å². The van der Waals surface area contributed by atoms with Gasteiger partial charge in [-0.15, -0.1) is 0 Å². The van der Waals surface area contributed by atoms with Gasteiger partial charge in [0.15, 0.2) is 0 Å². The van der Waals surface area contributed by atoms with E-state index in [0.29, 0.717) is 5.69 Å². The Kier molecular flexibility index (Phi) is 8.71. The number of hydrogen-bond acceptors (Lipinski definition) is 6. The fraction of sp³-hybridized carbons (Fsp3) is 0.545. The number of pyridine rings is 1. The highest BCUT2D eigenvalue weighted by atomic mass is 32.2. The zero-order valence-electron chi connectivity index (χ0n) is 19.9. The molecule has 0 spiro atoms. The highest BCUT2D eigenvalue weighted by Gasteiger charge is 2.33. The third-order valence-corrected chi connectivity index (χ3v) is 7.23. The average molecular weight is 531 g/mol. The van der Waals surface area contributed by atoms with Crippen LogP contribution >= 0.6 is 0 Å². The fourth-order valence-electron chi connectivity index (χ4n) is 4.06. The molecule has 36 heavy (non-hydrogen) atoms. The third-order valence-electron chi connectivity index (χ3n) is 5.84. The van der Waals surface area contributed by atoms with Crippen LogP contribution in [0.3, 0.4) is 0 Å². The molecule has 0 radical (unpaired) electrons. The summed E-state index contributed by atoms with van der Waals surface area (Å²) in [5.74, 6) is -1.08. The van der Waals surface area contributed by atoms with Gasteiger partial charge in [-0.3, -0.25) is 14.3 Å². The Morgan fingerprint density at radius 1 is 1.14 bits per heavy atom. The first-order valence-corrected chi connectivity index (χ1v) is 13.0. The Balaban J connectivity index is 1.74. The lowest BCUT2D eigenvalue weighted by Crippen LogP contribution is -2.49. The van der Waals surface area contributed by atoms with Gasteiger partial charge in [0.1, 0.15) is 29.0 Å². The van der Waals surface area contributed by atoms with Gasteiger partial charge in [0, 0.05) is 18.4 Å². The first-order valence-electron chi connectivity index (χ1n) is 11.5. The fourth-order valence-corrected chi connectivity index (χ4v) is 5.02. The number of amides is 2. The number of carbonyl (C=O) groups is 2. The number of alkyl halides is 3. The van der Waals surface area contributed by atoms with Crippen molar-refractivity contribution in [3.63, 3.8) is 0 Å². The van der Waals surface area contributed by atoms with Crippen LogP contribution in [-0.2, 0) is 14.8 Å². The Morgan fingerprint density at radius 2 is 1.83 bits per heavy atom. The average Bonchev–Trinajstić information content (AvgIpc) is 3.32. The van der Waals surface area contributed by atoms with Crippen LogP contribution < -0.4 is 15.4 Å². The van der Waals surface area contributed by atoms with Gasteiger partial charge in [-0.1, -0.05) is 19.3 Å². The maximum absolute atomic E-state index is 13.2. The van der Waals surface area contributed by atoms with Gasteiger partial charge in [0.2, 0.25) is 15.9 Å². The SMILES string of the molecule is CC(C)n1nccc1C(=O)N[C@H](C(=O)Nc1ccc(S(=O)(=O)NCC(F)(F)F)cn1)C1CCCCC1. The summed E-state index contributed by atoms with van der Waals surface area (Å²) in [6.07, 6.45) is 2.03. The Labute approximate surface area is 207 Å². The van der Waals surface area contributed by atoms with Crippen LogP contribution in [0.25, 0.3) is 0 Å². The van der Waals surface area contributed by atoms with Crippen molar-refractivity contribution in [1.82, 2.24) is 24.8 Å². The molecule has 0 bridgehead atoms. The number of carbonyl (C=O) groups excluding carboxylic acids is 2. The molecule has 14 heteroatoms. The zero-order chi connectivity index (χ0) is 26.5. The van der Waals surface area contributed by atoms with Gasteiger partial charge < -0.3 is 10.6 Å². The summed E-state index contributed by atoms with van der Waals surface area (Å²) in [4.78, 5) is 29.6. The smallest absolute Gasteiger partial charge is 0.339 e. The van der Waals surface area contributed by atoms with Gasteiger partial charge >= 0.3 is 6.18 Å². The first kappa shape index (κ1) is 27.6. The van der Waals surface area contributed by atoms with Gasteiger partial charge in [0.25, 0.3) is 5.91 Å². The van der Waals surface area contributed by atoms with Crippen LogP contribution in [0, 0.1) is 5.92 Å². The second-order valence-electron chi connectivity index (χ2n) is 8.91. The van der Waals surface area contributed by atoms with E-state index >= 15 is 0 Å². The van der Waals surface area contributed by atoms with Crippen molar-refractivity contribution in [2.45, 2.75) is 69.1 Å². The van der Waals surface area contributed by atoms with E-state index in [1.165, 1.54) is 17.0 Å². The highest BCUT2D eigenvalue weighted by Crippen LogP contribution is 2.27. The number of anilines is 1. The molecule has 3 rings (SSSR count). The molecular weight excluding hydrogens is 501 g/mol. The lowest BCUT2D eigenvalue weighted by atomic mass is 9.83. The molecule has 2 aromatic rings. The molecule has 1 aliphatic rings. The molecule has 0 aromatic carbocycles. The predicted octanol–water partition coefficient (Wildman–Crippen LogP) is 3.02. The largest absolute Gasteiger partial charge is 0.402 e. The molecule has 3 N–H and O–H groups in total. The maximum Gasteiger partial charge on any atom is 0.402 e. The molecule has 198 valence electrons. The van der Waals surface area contributed by atoms with Gasteiger partial charge in [-0.05, 0) is 50.8 Å². The highest BCUT2D eigenvalue weighted by molar-refractivity contribution is 7.89. The number of nitrogens with one attached hydrogen (secondary N) is 3. The Bertz CT molecular complexity index is 1160. The minimum absolute atomic E-state index is 0.00273. The van der Waals surface area contributed by atoms with Crippen LogP contribution in [0.4, 0.5) is 19.0 Å². The van der Waals surface area contributed by atoms with E-state index in [4.69, 9.17) is 0 Å². The topological polar surface area (TPSA) is 135 Å². The lowest BCUT2D eigenvalue weighted by molar-refractivity contribution is -0.121. The standard InChI is InChI=1S/C22H29F3N6O4S/c1-14(2)31-17(10-11-27-31)20(32)30-19(15-6-4-3-5-7-15)21(33)29-18-9-8-16(12-26-18)36(34,35)28-13-22(23,24)25/h8-12,14-15,19,28H,3-7,13H2,1-2H3,(H,30,32)(H,26,29,33)/t19-/m0/s1. The summed E-state index contributed by atoms with van der Waals surface area (Å²) in [5, 5.41) is 9.55. The minimum Gasteiger partial charge on any atom is -0.339 e. The number of nitrogens with zero attached hydrogens (tertiary/aromatic N) is 3. The quantitative estimate of drug-likeness (QED) is 0.456. The van der Waals surface area contributed by atoms with E-state index in [9.17, 15) is 31.2 Å². The molecule has 1 aliphatic carbocycles. The first-order chi connectivity index (χ1) is 16.9. The van der Waals surface area contributed by atoms with Crippen LogP contribution in [0.5, 0.6) is 0 Å². The Hall–Kier alpha value is -3.00. The molecular formula is C22H29F3N6O4S. The van der Waals surface area contributed by atoms with Crippen molar-refractivity contribution >= 4 is 27.7 Å². The van der Waals surface area contributed by atoms with Crippen molar-refractivity contribution in [2.24, 2.45) is 5.92 Å². The number of halogens is 3. The molecule has 0 aliphatic heterocycles. The van der Waals surface area contributed by atoms with Crippen LogP contribution in [0.1, 0.15) is 62.5 Å². The van der Waals surface area contributed by atoms with Crippen molar-refractivity contribution in [1.29, 1.82) is 0 Å². The number of sulfonamides is 1. The molecule has 1 saturated carbocycles. The van der Waals surface area contributed by atoms with E-state index in [2.05, 4.69) is 20.7 Å². The summed E-state index contributed by atoms with van der Waals surface area (Å²) in [6.45, 7) is 2.04. The molecule has 1 atom stereocenters. The van der Waals surface area contributed by atoms with Crippen LogP contribution in [-0.4, -0.2) is 53.8 Å². The second kappa shape index (κ2) is 11.4. The van der Waals surface area contributed by atoms with Crippen molar-refractivity contribution < 1.29 is 31.2 Å². The number of aromatic nitrogens is 3. The maximum atomic E-state index is 13.2. The summed E-state index contributed by atoms with van der Waals surface area (Å²) < 4.78 is 64.2. The van der Waals surface area contributed by atoms with E-state index in [1.807, 2.05) is 13.8 Å². The van der Waals surface area contributed by atoms with Crippen molar-refractivity contribution in [3.8, 4) is 0 Å². The van der Waals surface area contributed by atoms with Gasteiger partial charge in [0.05, 0.1) is 0 Å². The minimum atomic E-state index is -4.71. The summed E-state index contributed by atoms with van der Waals surface area (Å²) in [5.41, 5.74) is 0.317. The number of rotatable bonds is 9. The van der Waals surface area contributed by atoms with Crippen molar-refractivity contribution in [2.75, 3.05) is 11.9 Å². The van der Waals surface area contributed by atoms with Gasteiger partial charge in [-0.2, -0.15) is 18.3 Å². The monoisotopic (exact) mass is 530 g/mol. The number of hydrogen-bond donors (Lipinski definition) is 3. The van der Waals surface area contributed by atoms with Crippen LogP contribution in [0.15, 0.2) is 35.5 Å². The molecule has 2 heterocycles. The Morgan fingerprint density at radius 3 is 2.42 bits per heavy atom. The molecule has 0 unspecified atom stereocenters. The van der Waals surface area contributed by atoms with Gasteiger partial charge in [-0.25, -0.2) is 18.1 Å². The van der Waals surface area contributed by atoms with E-state index in [-0.39, 0.29) is 17.8 Å². The normalized spacial score (nSPS) is 16.1. The van der Waals surface area contributed by atoms with Crippen LogP contribution in [0.2, 0.25) is 0 Å².